The topological polar surface area (TPSA) is 90.0 Å². The molecule has 0 saturated heterocycles. The van der Waals surface area contributed by atoms with Crippen molar-refractivity contribution in [2.24, 2.45) is 0 Å². The number of pyridine rings is 2. The maximum absolute atomic E-state index is 12.8. The van der Waals surface area contributed by atoms with Crippen LogP contribution in [0.25, 0.3) is 11.0 Å². The van der Waals surface area contributed by atoms with Crippen molar-refractivity contribution in [3.63, 3.8) is 0 Å². The summed E-state index contributed by atoms with van der Waals surface area (Å²) >= 11 is -1.32. The molecule has 0 saturated carbocycles. The van der Waals surface area contributed by atoms with E-state index in [-0.39, 0.29) is 5.75 Å². The fraction of sp³-hybridized carbons (Fsp3) is 0.261. The maximum Gasteiger partial charge on any atom is 0.322 e. The number of nitrogens with one attached hydrogen (secondary N) is 1. The molecule has 0 aliphatic heterocycles. The van der Waals surface area contributed by atoms with Crippen LogP contribution in [-0.4, -0.2) is 49.6 Å². The van der Waals surface area contributed by atoms with Crippen molar-refractivity contribution in [3.8, 4) is 5.75 Å². The van der Waals surface area contributed by atoms with Crippen molar-refractivity contribution in [2.45, 2.75) is 24.4 Å². The lowest BCUT2D eigenvalue weighted by Crippen LogP contribution is -2.24. The third kappa shape index (κ3) is 5.41. The van der Waals surface area contributed by atoms with Gasteiger partial charge in [0.2, 0.25) is 0 Å². The van der Waals surface area contributed by atoms with E-state index in [0.29, 0.717) is 11.8 Å². The standard InChI is InChI=1S/C23H25N5O2S/c1-17-21(16-31(29)23-26-19-8-3-4-9-20(19)27-23)25-12-10-22(17)30-14-13-28(2)15-18-7-5-6-11-24-18/h3-12H,13-16H2,1-2H3,(H,26,27). The predicted octanol–water partition coefficient (Wildman–Crippen LogP) is 3.48. The van der Waals surface area contributed by atoms with Crippen molar-refractivity contribution in [1.82, 2.24) is 24.8 Å². The van der Waals surface area contributed by atoms with Gasteiger partial charge in [0.1, 0.15) is 12.4 Å². The Morgan fingerprint density at radius 1 is 1.06 bits per heavy atom. The summed E-state index contributed by atoms with van der Waals surface area (Å²) in [6, 6.07) is 15.4. The Labute approximate surface area is 184 Å². The first-order valence-electron chi connectivity index (χ1n) is 10.1. The smallest absolute Gasteiger partial charge is 0.322 e. The molecule has 1 unspecified atom stereocenters. The minimum absolute atomic E-state index is 0.280. The number of rotatable bonds is 9. The molecule has 0 radical (unpaired) electrons. The van der Waals surface area contributed by atoms with Gasteiger partial charge in [-0.25, -0.2) is 0 Å². The van der Waals surface area contributed by atoms with Crippen LogP contribution in [0.5, 0.6) is 5.75 Å². The number of aromatic amines is 1. The first-order valence-corrected chi connectivity index (χ1v) is 11.4. The van der Waals surface area contributed by atoms with Crippen molar-refractivity contribution in [1.29, 1.82) is 0 Å². The molecule has 0 bridgehead atoms. The number of imidazole rings is 1. The molecule has 0 aliphatic carbocycles. The van der Waals surface area contributed by atoms with Crippen LogP contribution < -0.4 is 4.74 Å². The highest BCUT2D eigenvalue weighted by molar-refractivity contribution is 7.90. The number of benzene rings is 1. The second kappa shape index (κ2) is 9.91. The number of aromatic nitrogens is 4. The van der Waals surface area contributed by atoms with Crippen LogP contribution in [0.15, 0.2) is 66.1 Å². The lowest BCUT2D eigenvalue weighted by molar-refractivity contribution is 0.230. The molecule has 4 rings (SSSR count). The summed E-state index contributed by atoms with van der Waals surface area (Å²) < 4.78 is 18.8. The van der Waals surface area contributed by atoms with Gasteiger partial charge in [-0.1, -0.05) is 18.2 Å². The number of nitrogens with zero attached hydrogens (tertiary/aromatic N) is 4. The van der Waals surface area contributed by atoms with E-state index >= 15 is 0 Å². The number of fused-ring (bicyclic) bond motifs is 1. The van der Waals surface area contributed by atoms with Gasteiger partial charge in [-0.2, -0.15) is 4.98 Å². The second-order valence-electron chi connectivity index (χ2n) is 7.34. The minimum atomic E-state index is -1.32. The van der Waals surface area contributed by atoms with Gasteiger partial charge in [-0.05, 0) is 44.3 Å². The first kappa shape index (κ1) is 21.3. The predicted molar refractivity (Wildman–Crippen MR) is 121 cm³/mol. The lowest BCUT2D eigenvalue weighted by Gasteiger charge is -2.17. The fourth-order valence-electron chi connectivity index (χ4n) is 3.25. The molecular weight excluding hydrogens is 410 g/mol. The van der Waals surface area contributed by atoms with E-state index in [1.165, 1.54) is 0 Å². The Morgan fingerprint density at radius 3 is 2.71 bits per heavy atom. The number of likely N-dealkylation sites (N-methyl/N-ethyl adjacent to an activating group) is 1. The van der Waals surface area contributed by atoms with Gasteiger partial charge in [0.15, 0.2) is 5.75 Å². The highest BCUT2D eigenvalue weighted by Crippen LogP contribution is 2.24. The van der Waals surface area contributed by atoms with E-state index in [4.69, 9.17) is 4.74 Å². The summed E-state index contributed by atoms with van der Waals surface area (Å²) in [6.07, 6.45) is 3.50. The molecule has 0 spiro atoms. The second-order valence-corrected chi connectivity index (χ2v) is 8.70. The van der Waals surface area contributed by atoms with Gasteiger partial charge < -0.3 is 9.29 Å². The molecular formula is C23H25N5O2S. The summed E-state index contributed by atoms with van der Waals surface area (Å²) in [4.78, 5) is 18.5. The average Bonchev–Trinajstić information content (AvgIpc) is 3.21. The Bertz CT molecular complexity index is 1100. The van der Waals surface area contributed by atoms with Crippen molar-refractivity contribution in [3.05, 3.63) is 77.9 Å². The third-order valence-corrected chi connectivity index (χ3v) is 6.16. The Morgan fingerprint density at radius 2 is 1.90 bits per heavy atom. The van der Waals surface area contributed by atoms with Gasteiger partial charge in [-0.3, -0.25) is 19.9 Å². The number of para-hydroxylation sites is 2. The quantitative estimate of drug-likeness (QED) is 0.405. The van der Waals surface area contributed by atoms with Crippen LogP contribution >= 0.6 is 0 Å². The lowest BCUT2D eigenvalue weighted by atomic mass is 10.2. The van der Waals surface area contributed by atoms with Crippen molar-refractivity contribution < 1.29 is 9.29 Å². The van der Waals surface area contributed by atoms with Crippen LogP contribution in [0.4, 0.5) is 0 Å². The summed E-state index contributed by atoms with van der Waals surface area (Å²) in [5.41, 5.74) is 4.36. The third-order valence-electron chi connectivity index (χ3n) is 5.00. The molecule has 0 aliphatic rings. The molecule has 8 heteroatoms. The highest BCUT2D eigenvalue weighted by atomic mass is 32.2. The maximum atomic E-state index is 12.8. The minimum Gasteiger partial charge on any atom is -0.609 e. The van der Waals surface area contributed by atoms with Crippen LogP contribution in [0.3, 0.4) is 0 Å². The monoisotopic (exact) mass is 435 g/mol. The van der Waals surface area contributed by atoms with E-state index in [9.17, 15) is 4.55 Å². The van der Waals surface area contributed by atoms with Crippen LogP contribution in [-0.2, 0) is 23.5 Å². The molecule has 1 aromatic carbocycles. The zero-order chi connectivity index (χ0) is 21.6. The number of ether oxygens (including phenoxy) is 1. The molecule has 3 heterocycles. The molecule has 160 valence electrons. The normalized spacial score (nSPS) is 12.4. The highest BCUT2D eigenvalue weighted by Gasteiger charge is 2.20. The summed E-state index contributed by atoms with van der Waals surface area (Å²) in [5, 5.41) is 0.463. The van der Waals surface area contributed by atoms with Crippen molar-refractivity contribution in [2.75, 3.05) is 20.2 Å². The molecule has 4 aromatic rings. The zero-order valence-electron chi connectivity index (χ0n) is 17.6. The molecule has 7 nitrogen and oxygen atoms in total. The number of hydrogen-bond acceptors (Lipinski definition) is 6. The van der Waals surface area contributed by atoms with Crippen molar-refractivity contribution >= 4 is 22.2 Å². The van der Waals surface area contributed by atoms with Crippen LogP contribution in [0.1, 0.15) is 17.0 Å². The zero-order valence-corrected chi connectivity index (χ0v) is 18.4. The molecule has 31 heavy (non-hydrogen) atoms. The Hall–Kier alpha value is -2.94. The molecule has 0 fully saturated rings. The van der Waals surface area contributed by atoms with Crippen LogP contribution in [0, 0.1) is 6.92 Å². The molecule has 3 aromatic heterocycles. The van der Waals surface area contributed by atoms with E-state index in [1.54, 1.807) is 12.4 Å². The summed E-state index contributed by atoms with van der Waals surface area (Å²) in [6.45, 7) is 4.02. The van der Waals surface area contributed by atoms with E-state index in [1.807, 2.05) is 62.5 Å². The fourth-order valence-corrected chi connectivity index (χ4v) is 4.35. The largest absolute Gasteiger partial charge is 0.609 e. The van der Waals surface area contributed by atoms with Gasteiger partial charge in [-0.15, -0.1) is 0 Å². The molecule has 1 atom stereocenters. The number of H-pyrrole nitrogens is 1. The first-order chi connectivity index (χ1) is 15.1. The van der Waals surface area contributed by atoms with Crippen LogP contribution in [0.2, 0.25) is 0 Å². The van der Waals surface area contributed by atoms with E-state index in [0.717, 1.165) is 46.8 Å². The summed E-state index contributed by atoms with van der Waals surface area (Å²) in [5.74, 6) is 1.04. The summed E-state index contributed by atoms with van der Waals surface area (Å²) in [7, 11) is 2.04. The Kier molecular flexibility index (Phi) is 6.81. The van der Waals surface area contributed by atoms with Gasteiger partial charge in [0, 0.05) is 42.2 Å². The van der Waals surface area contributed by atoms with Gasteiger partial charge in [0.25, 0.3) is 0 Å². The molecule has 0 amide bonds. The SMILES string of the molecule is Cc1c(OCCN(C)Cc2ccccn2)ccnc1C[S+]([O-])c1nc2ccccc2[nH]1. The van der Waals surface area contributed by atoms with Gasteiger partial charge in [0.05, 0.1) is 22.4 Å². The molecule has 1 N–H and O–H groups in total. The average molecular weight is 436 g/mol. The Balaban J connectivity index is 1.35. The van der Waals surface area contributed by atoms with E-state index < -0.39 is 11.2 Å². The van der Waals surface area contributed by atoms with E-state index in [2.05, 4.69) is 24.8 Å². The van der Waals surface area contributed by atoms with Gasteiger partial charge >= 0.3 is 5.16 Å². The number of hydrogen-bond donors (Lipinski definition) is 1.